The van der Waals surface area contributed by atoms with Crippen LogP contribution in [0.3, 0.4) is 0 Å². The summed E-state index contributed by atoms with van der Waals surface area (Å²) in [6.45, 7) is 9.36. The minimum atomic E-state index is 0.334. The minimum absolute atomic E-state index is 0.334. The first-order chi connectivity index (χ1) is 7.26. The van der Waals surface area contributed by atoms with Crippen molar-refractivity contribution in [2.75, 3.05) is 6.61 Å². The van der Waals surface area contributed by atoms with Gasteiger partial charge in [-0.05, 0) is 31.5 Å². The van der Waals surface area contributed by atoms with E-state index in [1.165, 1.54) is 5.56 Å². The number of hydrogen-bond acceptors (Lipinski definition) is 2. The van der Waals surface area contributed by atoms with Gasteiger partial charge in [0.2, 0.25) is 0 Å². The van der Waals surface area contributed by atoms with E-state index in [1.54, 1.807) is 0 Å². The molecule has 0 aliphatic rings. The number of ether oxygens (including phenoxy) is 1. The van der Waals surface area contributed by atoms with E-state index >= 15 is 0 Å². The van der Waals surface area contributed by atoms with Crippen molar-refractivity contribution in [1.82, 2.24) is 5.32 Å². The molecule has 0 aromatic heterocycles. The Labute approximate surface area is 92.0 Å². The molecular weight excluding hydrogens is 186 g/mol. The van der Waals surface area contributed by atoms with E-state index < -0.39 is 0 Å². The van der Waals surface area contributed by atoms with Crippen LogP contribution in [0.1, 0.15) is 19.4 Å². The lowest BCUT2D eigenvalue weighted by Gasteiger charge is -2.10. The van der Waals surface area contributed by atoms with Crippen molar-refractivity contribution in [3.63, 3.8) is 0 Å². The molecule has 0 aliphatic carbocycles. The lowest BCUT2D eigenvalue weighted by Crippen LogP contribution is -2.22. The molecule has 1 aromatic carbocycles. The van der Waals surface area contributed by atoms with Gasteiger partial charge in [0.05, 0.1) is 6.61 Å². The molecule has 1 aromatic rings. The molecule has 2 heteroatoms. The maximum Gasteiger partial charge on any atom is 0.119 e. The molecule has 1 N–H and O–H groups in total. The summed E-state index contributed by atoms with van der Waals surface area (Å²) in [7, 11) is 0. The number of rotatable bonds is 6. The summed E-state index contributed by atoms with van der Waals surface area (Å²) >= 11 is 0. The average molecular weight is 205 g/mol. The number of benzene rings is 1. The van der Waals surface area contributed by atoms with Crippen LogP contribution in [0.4, 0.5) is 0 Å². The zero-order chi connectivity index (χ0) is 11.1. The fraction of sp³-hybridized carbons (Fsp3) is 0.385. The Morgan fingerprint density at radius 3 is 3.00 bits per heavy atom. The largest absolute Gasteiger partial charge is 0.494 e. The van der Waals surface area contributed by atoms with Crippen LogP contribution < -0.4 is 10.1 Å². The fourth-order valence-corrected chi connectivity index (χ4v) is 1.27. The molecule has 0 spiro atoms. The quantitative estimate of drug-likeness (QED) is 0.721. The van der Waals surface area contributed by atoms with Gasteiger partial charge in [0.25, 0.3) is 0 Å². The van der Waals surface area contributed by atoms with Gasteiger partial charge in [-0.3, -0.25) is 0 Å². The van der Waals surface area contributed by atoms with Crippen molar-refractivity contribution in [1.29, 1.82) is 0 Å². The monoisotopic (exact) mass is 205 g/mol. The molecule has 0 amide bonds. The number of hydrogen-bond donors (Lipinski definition) is 1. The van der Waals surface area contributed by atoms with Crippen LogP contribution in [-0.4, -0.2) is 12.6 Å². The topological polar surface area (TPSA) is 21.3 Å². The molecule has 82 valence electrons. The molecule has 0 fully saturated rings. The molecular formula is C13H19NO. The molecule has 0 radical (unpaired) electrons. The lowest BCUT2D eigenvalue weighted by molar-refractivity contribution is 0.340. The molecule has 0 bridgehead atoms. The van der Waals surface area contributed by atoms with Crippen molar-refractivity contribution in [3.8, 4) is 5.75 Å². The van der Waals surface area contributed by atoms with Crippen LogP contribution in [0, 0.1) is 0 Å². The third kappa shape index (κ3) is 4.17. The summed E-state index contributed by atoms with van der Waals surface area (Å²) in [5.74, 6) is 0.933. The molecule has 1 unspecified atom stereocenters. The Morgan fingerprint density at radius 2 is 2.33 bits per heavy atom. The second-order valence-corrected chi connectivity index (χ2v) is 3.49. The summed E-state index contributed by atoms with van der Waals surface area (Å²) < 4.78 is 5.43. The Hall–Kier alpha value is -1.28. The second-order valence-electron chi connectivity index (χ2n) is 3.49. The van der Waals surface area contributed by atoms with E-state index in [-0.39, 0.29) is 0 Å². The predicted octanol–water partition coefficient (Wildman–Crippen LogP) is 2.75. The first-order valence-corrected chi connectivity index (χ1v) is 5.34. The third-order valence-electron chi connectivity index (χ3n) is 2.19. The van der Waals surface area contributed by atoms with Gasteiger partial charge < -0.3 is 10.1 Å². The molecule has 0 aliphatic heterocycles. The Balaban J connectivity index is 2.53. The van der Waals surface area contributed by atoms with Gasteiger partial charge in [-0.15, -0.1) is 6.58 Å². The van der Waals surface area contributed by atoms with Crippen LogP contribution in [0.5, 0.6) is 5.75 Å². The molecule has 2 nitrogen and oxygen atoms in total. The van der Waals surface area contributed by atoms with Gasteiger partial charge in [-0.25, -0.2) is 0 Å². The Morgan fingerprint density at radius 1 is 1.53 bits per heavy atom. The smallest absolute Gasteiger partial charge is 0.119 e. The Kier molecular flexibility index (Phi) is 4.91. The molecule has 0 saturated carbocycles. The number of nitrogens with one attached hydrogen (secondary N) is 1. The van der Waals surface area contributed by atoms with E-state index in [0.717, 1.165) is 12.3 Å². The second kappa shape index (κ2) is 6.25. The third-order valence-corrected chi connectivity index (χ3v) is 2.19. The van der Waals surface area contributed by atoms with Crippen molar-refractivity contribution >= 4 is 0 Å². The van der Waals surface area contributed by atoms with Gasteiger partial charge in [-0.1, -0.05) is 18.2 Å². The summed E-state index contributed by atoms with van der Waals surface area (Å²) in [6, 6.07) is 8.48. The highest BCUT2D eigenvalue weighted by molar-refractivity contribution is 5.28. The molecule has 1 rings (SSSR count). The summed E-state index contributed by atoms with van der Waals surface area (Å²) in [5, 5.41) is 3.34. The van der Waals surface area contributed by atoms with Crippen LogP contribution in [0.15, 0.2) is 36.9 Å². The molecule has 15 heavy (non-hydrogen) atoms. The zero-order valence-electron chi connectivity index (χ0n) is 9.49. The first kappa shape index (κ1) is 11.8. The lowest BCUT2D eigenvalue weighted by atomic mass is 10.2. The maximum absolute atomic E-state index is 5.43. The van der Waals surface area contributed by atoms with Crippen molar-refractivity contribution in [2.24, 2.45) is 0 Å². The molecule has 0 heterocycles. The van der Waals surface area contributed by atoms with Crippen LogP contribution in [0.2, 0.25) is 0 Å². The minimum Gasteiger partial charge on any atom is -0.494 e. The van der Waals surface area contributed by atoms with E-state index in [4.69, 9.17) is 4.74 Å². The highest BCUT2D eigenvalue weighted by Crippen LogP contribution is 2.13. The van der Waals surface area contributed by atoms with Crippen molar-refractivity contribution < 1.29 is 4.74 Å². The van der Waals surface area contributed by atoms with Crippen LogP contribution >= 0.6 is 0 Å². The van der Waals surface area contributed by atoms with E-state index in [2.05, 4.69) is 31.0 Å². The van der Waals surface area contributed by atoms with E-state index in [0.29, 0.717) is 12.6 Å². The van der Waals surface area contributed by atoms with Crippen molar-refractivity contribution in [3.05, 3.63) is 42.5 Å². The summed E-state index contributed by atoms with van der Waals surface area (Å²) in [5.41, 5.74) is 1.23. The van der Waals surface area contributed by atoms with Crippen molar-refractivity contribution in [2.45, 2.75) is 26.4 Å². The summed E-state index contributed by atoms with van der Waals surface area (Å²) in [6.07, 6.45) is 1.90. The SMILES string of the molecule is C=CC(C)NCc1cccc(OCC)c1. The molecule has 1 atom stereocenters. The van der Waals surface area contributed by atoms with Crippen LogP contribution in [-0.2, 0) is 6.54 Å². The Bertz CT molecular complexity index is 309. The average Bonchev–Trinajstić information content (AvgIpc) is 2.27. The van der Waals surface area contributed by atoms with E-state index in [9.17, 15) is 0 Å². The highest BCUT2D eigenvalue weighted by atomic mass is 16.5. The zero-order valence-corrected chi connectivity index (χ0v) is 9.49. The molecule has 0 saturated heterocycles. The normalized spacial score (nSPS) is 12.1. The van der Waals surface area contributed by atoms with Gasteiger partial charge in [-0.2, -0.15) is 0 Å². The van der Waals surface area contributed by atoms with Gasteiger partial charge in [0.1, 0.15) is 5.75 Å². The summed E-state index contributed by atoms with van der Waals surface area (Å²) in [4.78, 5) is 0. The first-order valence-electron chi connectivity index (χ1n) is 5.34. The van der Waals surface area contributed by atoms with Crippen LogP contribution in [0.25, 0.3) is 0 Å². The van der Waals surface area contributed by atoms with Gasteiger partial charge in [0.15, 0.2) is 0 Å². The fourth-order valence-electron chi connectivity index (χ4n) is 1.27. The van der Waals surface area contributed by atoms with Gasteiger partial charge >= 0.3 is 0 Å². The highest BCUT2D eigenvalue weighted by Gasteiger charge is 1.98. The van der Waals surface area contributed by atoms with E-state index in [1.807, 2.05) is 25.1 Å². The predicted molar refractivity (Wildman–Crippen MR) is 64.1 cm³/mol. The maximum atomic E-state index is 5.43. The standard InChI is InChI=1S/C13H19NO/c1-4-11(3)14-10-12-7-6-8-13(9-12)15-5-2/h4,6-9,11,14H,1,5,10H2,2-3H3. The van der Waals surface area contributed by atoms with Gasteiger partial charge in [0, 0.05) is 12.6 Å².